The molecule has 0 spiro atoms. The number of hydrogen-bond donors (Lipinski definition) is 2. The zero-order valence-corrected chi connectivity index (χ0v) is 16.0. The van der Waals surface area contributed by atoms with Crippen molar-refractivity contribution in [3.8, 4) is 0 Å². The van der Waals surface area contributed by atoms with Gasteiger partial charge in [0.2, 0.25) is 5.91 Å². The standard InChI is InChI=1S/C22H26N4O2/c27-21(23-18-10-4-6-14-5-1-2-9-16(14)18)20-17-13-26(12-11-19(17)24-25-20)22(28)15-7-3-8-15/h1-2,5,9,15,18H,3-4,6-8,10-13H2,(H,23,27)(H,24,25). The molecule has 28 heavy (non-hydrogen) atoms. The molecule has 1 aliphatic heterocycles. The maximum absolute atomic E-state index is 13.0. The number of fused-ring (bicyclic) bond motifs is 2. The lowest BCUT2D eigenvalue weighted by atomic mass is 9.84. The number of nitrogens with one attached hydrogen (secondary N) is 2. The molecule has 1 unspecified atom stereocenters. The fourth-order valence-electron chi connectivity index (χ4n) is 4.71. The Morgan fingerprint density at radius 2 is 1.96 bits per heavy atom. The quantitative estimate of drug-likeness (QED) is 0.862. The van der Waals surface area contributed by atoms with Crippen molar-refractivity contribution in [2.24, 2.45) is 5.92 Å². The van der Waals surface area contributed by atoms with E-state index in [2.05, 4.69) is 33.7 Å². The number of rotatable bonds is 3. The van der Waals surface area contributed by atoms with Gasteiger partial charge in [-0.2, -0.15) is 5.10 Å². The van der Waals surface area contributed by atoms with Gasteiger partial charge in [0, 0.05) is 36.7 Å². The fourth-order valence-corrected chi connectivity index (χ4v) is 4.71. The molecule has 0 saturated heterocycles. The number of H-pyrrole nitrogens is 1. The van der Waals surface area contributed by atoms with Gasteiger partial charge in [0.25, 0.3) is 5.91 Å². The van der Waals surface area contributed by atoms with Crippen molar-refractivity contribution < 1.29 is 9.59 Å². The second kappa shape index (κ2) is 7.08. The highest BCUT2D eigenvalue weighted by molar-refractivity contribution is 5.94. The van der Waals surface area contributed by atoms with Crippen molar-refractivity contribution in [1.82, 2.24) is 20.4 Å². The normalized spacial score (nSPS) is 21.4. The number of hydrogen-bond acceptors (Lipinski definition) is 3. The van der Waals surface area contributed by atoms with Crippen LogP contribution < -0.4 is 5.32 Å². The van der Waals surface area contributed by atoms with Crippen LogP contribution in [0.25, 0.3) is 0 Å². The summed E-state index contributed by atoms with van der Waals surface area (Å²) in [5, 5.41) is 10.5. The van der Waals surface area contributed by atoms with Gasteiger partial charge in [0.05, 0.1) is 6.04 Å². The summed E-state index contributed by atoms with van der Waals surface area (Å²) in [6, 6.07) is 8.37. The van der Waals surface area contributed by atoms with E-state index in [1.54, 1.807) is 0 Å². The lowest BCUT2D eigenvalue weighted by molar-refractivity contribution is -0.139. The molecule has 0 bridgehead atoms. The van der Waals surface area contributed by atoms with Gasteiger partial charge in [0.1, 0.15) is 0 Å². The van der Waals surface area contributed by atoms with Crippen LogP contribution in [0.2, 0.25) is 0 Å². The molecule has 1 atom stereocenters. The predicted molar refractivity (Wildman–Crippen MR) is 105 cm³/mol. The van der Waals surface area contributed by atoms with E-state index in [-0.39, 0.29) is 23.8 Å². The minimum Gasteiger partial charge on any atom is -0.344 e. The molecule has 2 N–H and O–H groups in total. The molecule has 2 aromatic rings. The van der Waals surface area contributed by atoms with Crippen molar-refractivity contribution in [1.29, 1.82) is 0 Å². The number of aromatic amines is 1. The number of carbonyl (C=O) groups excluding carboxylic acids is 2. The first kappa shape index (κ1) is 17.5. The third-order valence-corrected chi connectivity index (χ3v) is 6.59. The second-order valence-corrected chi connectivity index (χ2v) is 8.28. The van der Waals surface area contributed by atoms with Gasteiger partial charge >= 0.3 is 0 Å². The molecule has 6 heteroatoms. The Morgan fingerprint density at radius 3 is 2.79 bits per heavy atom. The summed E-state index contributed by atoms with van der Waals surface area (Å²) in [6.45, 7) is 1.20. The van der Waals surface area contributed by atoms with E-state index in [0.29, 0.717) is 18.8 Å². The van der Waals surface area contributed by atoms with Crippen LogP contribution in [0.1, 0.15) is 71.0 Å². The van der Waals surface area contributed by atoms with Gasteiger partial charge in [-0.3, -0.25) is 14.7 Å². The lowest BCUT2D eigenvalue weighted by Crippen LogP contribution is -2.42. The van der Waals surface area contributed by atoms with Crippen LogP contribution in [-0.4, -0.2) is 33.5 Å². The van der Waals surface area contributed by atoms with Crippen LogP contribution in [-0.2, 0) is 24.2 Å². The number of nitrogens with zero attached hydrogens (tertiary/aromatic N) is 2. The van der Waals surface area contributed by atoms with Crippen LogP contribution in [0, 0.1) is 5.92 Å². The van der Waals surface area contributed by atoms with E-state index in [9.17, 15) is 9.59 Å². The second-order valence-electron chi connectivity index (χ2n) is 8.28. The summed E-state index contributed by atoms with van der Waals surface area (Å²) in [5.41, 5.74) is 4.87. The predicted octanol–water partition coefficient (Wildman–Crippen LogP) is 2.90. The van der Waals surface area contributed by atoms with Crippen LogP contribution in [0.3, 0.4) is 0 Å². The van der Waals surface area contributed by atoms with Crippen LogP contribution in [0.5, 0.6) is 0 Å². The Labute approximate surface area is 164 Å². The average molecular weight is 378 g/mol. The monoisotopic (exact) mass is 378 g/mol. The van der Waals surface area contributed by atoms with Crippen molar-refractivity contribution in [3.63, 3.8) is 0 Å². The van der Waals surface area contributed by atoms with Gasteiger partial charge < -0.3 is 10.2 Å². The largest absolute Gasteiger partial charge is 0.344 e. The number of aryl methyl sites for hydroxylation is 1. The summed E-state index contributed by atoms with van der Waals surface area (Å²) in [6.07, 6.45) is 6.98. The van der Waals surface area contributed by atoms with Crippen molar-refractivity contribution >= 4 is 11.8 Å². The summed E-state index contributed by atoms with van der Waals surface area (Å²) >= 11 is 0. The molecule has 1 aromatic carbocycles. The van der Waals surface area contributed by atoms with E-state index in [1.165, 1.54) is 11.1 Å². The molecule has 6 nitrogen and oxygen atoms in total. The fraction of sp³-hybridized carbons (Fsp3) is 0.500. The lowest BCUT2D eigenvalue weighted by Gasteiger charge is -2.34. The molecule has 0 radical (unpaired) electrons. The number of benzene rings is 1. The van der Waals surface area contributed by atoms with E-state index in [0.717, 1.165) is 56.2 Å². The van der Waals surface area contributed by atoms with Crippen LogP contribution in [0.15, 0.2) is 24.3 Å². The first-order valence-corrected chi connectivity index (χ1v) is 10.4. The van der Waals surface area contributed by atoms with Crippen LogP contribution in [0.4, 0.5) is 0 Å². The summed E-state index contributed by atoms with van der Waals surface area (Å²) in [5.74, 6) is 0.285. The molecular formula is C22H26N4O2. The van der Waals surface area contributed by atoms with E-state index < -0.39 is 0 Å². The first-order chi connectivity index (χ1) is 13.7. The topological polar surface area (TPSA) is 78.1 Å². The Hall–Kier alpha value is -2.63. The molecule has 5 rings (SSSR count). The molecular weight excluding hydrogens is 352 g/mol. The Kier molecular flexibility index (Phi) is 4.41. The zero-order chi connectivity index (χ0) is 19.1. The average Bonchev–Trinajstić information content (AvgIpc) is 3.10. The highest BCUT2D eigenvalue weighted by atomic mass is 16.2. The maximum Gasteiger partial charge on any atom is 0.272 e. The third kappa shape index (κ3) is 3.01. The summed E-state index contributed by atoms with van der Waals surface area (Å²) in [4.78, 5) is 27.6. The van der Waals surface area contributed by atoms with Crippen molar-refractivity contribution in [3.05, 3.63) is 52.3 Å². The minimum absolute atomic E-state index is 0.0288. The molecule has 146 valence electrons. The van der Waals surface area contributed by atoms with Gasteiger partial charge in [-0.1, -0.05) is 30.7 Å². The van der Waals surface area contributed by atoms with Crippen molar-refractivity contribution in [2.75, 3.05) is 6.54 Å². The van der Waals surface area contributed by atoms with E-state index in [4.69, 9.17) is 0 Å². The van der Waals surface area contributed by atoms with Gasteiger partial charge in [-0.05, 0) is 43.2 Å². The van der Waals surface area contributed by atoms with E-state index in [1.807, 2.05) is 11.0 Å². The smallest absolute Gasteiger partial charge is 0.272 e. The highest BCUT2D eigenvalue weighted by Crippen LogP contribution is 2.32. The Bertz CT molecular complexity index is 915. The number of carbonyl (C=O) groups is 2. The van der Waals surface area contributed by atoms with Gasteiger partial charge in [0.15, 0.2) is 5.69 Å². The number of aromatic nitrogens is 2. The SMILES string of the molecule is O=C(NC1CCCc2ccccc21)c1n[nH]c2c1CN(C(=O)C1CCC1)CC2. The highest BCUT2D eigenvalue weighted by Gasteiger charge is 2.34. The summed E-state index contributed by atoms with van der Waals surface area (Å²) in [7, 11) is 0. The molecule has 1 aromatic heterocycles. The van der Waals surface area contributed by atoms with E-state index >= 15 is 0 Å². The van der Waals surface area contributed by atoms with Gasteiger partial charge in [-0.15, -0.1) is 0 Å². The Morgan fingerprint density at radius 1 is 1.11 bits per heavy atom. The maximum atomic E-state index is 13.0. The first-order valence-electron chi connectivity index (χ1n) is 10.4. The van der Waals surface area contributed by atoms with Crippen LogP contribution >= 0.6 is 0 Å². The Balaban J connectivity index is 1.33. The van der Waals surface area contributed by atoms with Crippen molar-refractivity contribution in [2.45, 2.75) is 57.5 Å². The summed E-state index contributed by atoms with van der Waals surface area (Å²) < 4.78 is 0. The van der Waals surface area contributed by atoms with Gasteiger partial charge in [-0.25, -0.2) is 0 Å². The molecule has 2 amide bonds. The molecule has 1 fully saturated rings. The molecule has 2 heterocycles. The molecule has 1 saturated carbocycles. The third-order valence-electron chi connectivity index (χ3n) is 6.59. The molecule has 3 aliphatic rings. The number of amides is 2. The zero-order valence-electron chi connectivity index (χ0n) is 16.0. The molecule has 2 aliphatic carbocycles. The minimum atomic E-state index is -0.142.